The van der Waals surface area contributed by atoms with Crippen molar-refractivity contribution in [2.45, 2.75) is 6.92 Å². The number of esters is 1. The second-order valence-electron chi connectivity index (χ2n) is 3.24. The van der Waals surface area contributed by atoms with E-state index in [0.29, 0.717) is 5.69 Å². The summed E-state index contributed by atoms with van der Waals surface area (Å²) in [5, 5.41) is 9.91. The standard InChI is InChI=1S/C12H12F2N2O2/c1-2-18-12(17)11(15)5-6-16-8-3-4-9(13)10(14)7-8/h3-7,15-16H,2H2,1H3/b6-5-,15-11?. The summed E-state index contributed by atoms with van der Waals surface area (Å²) in [4.78, 5) is 11.0. The highest BCUT2D eigenvalue weighted by Gasteiger charge is 2.05. The molecule has 0 atom stereocenters. The molecule has 0 aliphatic carbocycles. The third-order valence-corrected chi connectivity index (χ3v) is 1.91. The highest BCUT2D eigenvalue weighted by Crippen LogP contribution is 2.12. The SMILES string of the molecule is CCOC(=O)C(=N)/C=C\Nc1ccc(F)c(F)c1. The Balaban J connectivity index is 2.56. The minimum absolute atomic E-state index is 0.186. The third-order valence-electron chi connectivity index (χ3n) is 1.91. The lowest BCUT2D eigenvalue weighted by Crippen LogP contribution is -2.14. The molecular formula is C12H12F2N2O2. The van der Waals surface area contributed by atoms with E-state index in [1.54, 1.807) is 6.92 Å². The van der Waals surface area contributed by atoms with Crippen molar-refractivity contribution >= 4 is 17.4 Å². The van der Waals surface area contributed by atoms with Gasteiger partial charge in [-0.15, -0.1) is 0 Å². The number of hydrogen-bond donors (Lipinski definition) is 2. The van der Waals surface area contributed by atoms with Gasteiger partial charge in [0.05, 0.1) is 6.61 Å². The molecule has 1 aromatic rings. The van der Waals surface area contributed by atoms with Crippen molar-refractivity contribution in [3.63, 3.8) is 0 Å². The Morgan fingerprint density at radius 1 is 1.44 bits per heavy atom. The Labute approximate surface area is 103 Å². The Hall–Kier alpha value is -2.24. The van der Waals surface area contributed by atoms with Crippen LogP contribution in [0.25, 0.3) is 0 Å². The molecule has 4 nitrogen and oxygen atoms in total. The van der Waals surface area contributed by atoms with Gasteiger partial charge in [-0.2, -0.15) is 0 Å². The number of hydrogen-bond acceptors (Lipinski definition) is 4. The number of halogens is 2. The van der Waals surface area contributed by atoms with E-state index in [4.69, 9.17) is 5.41 Å². The molecule has 0 aromatic heterocycles. The van der Waals surface area contributed by atoms with Gasteiger partial charge in [-0.3, -0.25) is 5.41 Å². The van der Waals surface area contributed by atoms with E-state index in [0.717, 1.165) is 12.1 Å². The van der Waals surface area contributed by atoms with E-state index >= 15 is 0 Å². The summed E-state index contributed by atoms with van der Waals surface area (Å²) in [5.74, 6) is -2.67. The zero-order valence-electron chi connectivity index (χ0n) is 9.67. The van der Waals surface area contributed by atoms with Gasteiger partial charge in [0.25, 0.3) is 0 Å². The summed E-state index contributed by atoms with van der Waals surface area (Å²) in [6.45, 7) is 1.82. The molecule has 0 unspecified atom stereocenters. The van der Waals surface area contributed by atoms with Crippen LogP contribution >= 0.6 is 0 Å². The maximum atomic E-state index is 12.8. The predicted octanol–water partition coefficient (Wildman–Crippen LogP) is 2.47. The Morgan fingerprint density at radius 3 is 2.78 bits per heavy atom. The molecule has 0 saturated heterocycles. The van der Waals surface area contributed by atoms with Crippen LogP contribution in [0.3, 0.4) is 0 Å². The molecule has 0 amide bonds. The Kier molecular flexibility index (Phi) is 4.98. The predicted molar refractivity (Wildman–Crippen MR) is 63.5 cm³/mol. The Morgan fingerprint density at radius 2 is 2.17 bits per heavy atom. The average Bonchev–Trinajstić information content (AvgIpc) is 2.34. The van der Waals surface area contributed by atoms with Crippen molar-refractivity contribution in [2.75, 3.05) is 11.9 Å². The first kappa shape index (κ1) is 13.8. The van der Waals surface area contributed by atoms with Crippen LogP contribution in [-0.2, 0) is 9.53 Å². The van der Waals surface area contributed by atoms with Crippen LogP contribution in [0.5, 0.6) is 0 Å². The van der Waals surface area contributed by atoms with Gasteiger partial charge in [0, 0.05) is 18.0 Å². The summed E-state index contributed by atoms with van der Waals surface area (Å²) in [6, 6.07) is 3.27. The fourth-order valence-electron chi connectivity index (χ4n) is 1.08. The number of carbonyl (C=O) groups is 1. The van der Waals surface area contributed by atoms with Crippen LogP contribution in [0.1, 0.15) is 6.92 Å². The molecule has 18 heavy (non-hydrogen) atoms. The summed E-state index contributed by atoms with van der Waals surface area (Å²) in [7, 11) is 0. The van der Waals surface area contributed by atoms with Gasteiger partial charge in [0.15, 0.2) is 11.6 Å². The van der Waals surface area contributed by atoms with Gasteiger partial charge in [-0.25, -0.2) is 13.6 Å². The molecule has 0 heterocycles. The van der Waals surface area contributed by atoms with Crippen molar-refractivity contribution in [1.29, 1.82) is 5.41 Å². The largest absolute Gasteiger partial charge is 0.461 e. The van der Waals surface area contributed by atoms with Crippen molar-refractivity contribution < 1.29 is 18.3 Å². The van der Waals surface area contributed by atoms with Crippen molar-refractivity contribution in [3.05, 3.63) is 42.1 Å². The zero-order valence-corrected chi connectivity index (χ0v) is 9.67. The summed E-state index contributed by atoms with van der Waals surface area (Å²) in [6.07, 6.45) is 2.44. The highest BCUT2D eigenvalue weighted by molar-refractivity contribution is 6.39. The van der Waals surface area contributed by atoms with Gasteiger partial charge < -0.3 is 10.1 Å². The number of ether oxygens (including phenoxy) is 1. The van der Waals surface area contributed by atoms with E-state index in [9.17, 15) is 13.6 Å². The molecule has 96 valence electrons. The lowest BCUT2D eigenvalue weighted by molar-refractivity contribution is -0.135. The topological polar surface area (TPSA) is 62.2 Å². The van der Waals surface area contributed by atoms with Gasteiger partial charge in [0.2, 0.25) is 0 Å². The first-order valence-corrected chi connectivity index (χ1v) is 5.18. The van der Waals surface area contributed by atoms with Crippen LogP contribution in [0, 0.1) is 17.0 Å². The van der Waals surface area contributed by atoms with Gasteiger partial charge in [-0.05, 0) is 25.1 Å². The number of anilines is 1. The van der Waals surface area contributed by atoms with Crippen molar-refractivity contribution in [2.24, 2.45) is 0 Å². The molecule has 0 radical (unpaired) electrons. The van der Waals surface area contributed by atoms with Crippen molar-refractivity contribution in [3.8, 4) is 0 Å². The lowest BCUT2D eigenvalue weighted by atomic mass is 10.3. The van der Waals surface area contributed by atoms with Crippen LogP contribution in [0.15, 0.2) is 30.5 Å². The molecule has 0 aliphatic heterocycles. The third kappa shape index (κ3) is 3.97. The summed E-state index contributed by atoms with van der Waals surface area (Å²) < 4.78 is 30.1. The molecule has 0 saturated carbocycles. The van der Waals surface area contributed by atoms with Crippen LogP contribution in [0.4, 0.5) is 14.5 Å². The molecule has 0 bridgehead atoms. The maximum absolute atomic E-state index is 12.8. The summed E-state index contributed by atoms with van der Waals surface area (Å²) in [5.41, 5.74) is -0.0336. The fourth-order valence-corrected chi connectivity index (χ4v) is 1.08. The zero-order chi connectivity index (χ0) is 13.5. The molecule has 0 fully saturated rings. The van der Waals surface area contributed by atoms with Crippen LogP contribution < -0.4 is 5.32 Å². The minimum Gasteiger partial charge on any atom is -0.461 e. The maximum Gasteiger partial charge on any atom is 0.356 e. The average molecular weight is 254 g/mol. The molecule has 0 aliphatic rings. The first-order chi connectivity index (χ1) is 8.54. The summed E-state index contributed by atoms with van der Waals surface area (Å²) >= 11 is 0. The number of carbonyl (C=O) groups excluding carboxylic acids is 1. The highest BCUT2D eigenvalue weighted by atomic mass is 19.2. The molecule has 0 spiro atoms. The number of nitrogens with one attached hydrogen (secondary N) is 2. The first-order valence-electron chi connectivity index (χ1n) is 5.18. The molecular weight excluding hydrogens is 242 g/mol. The fraction of sp³-hybridized carbons (Fsp3) is 0.167. The molecule has 1 rings (SSSR count). The molecule has 1 aromatic carbocycles. The van der Waals surface area contributed by atoms with Crippen LogP contribution in [0.2, 0.25) is 0 Å². The van der Waals surface area contributed by atoms with Crippen molar-refractivity contribution in [1.82, 2.24) is 0 Å². The van der Waals surface area contributed by atoms with Crippen LogP contribution in [-0.4, -0.2) is 18.3 Å². The number of benzene rings is 1. The van der Waals surface area contributed by atoms with E-state index < -0.39 is 17.6 Å². The minimum atomic E-state index is -0.978. The quantitative estimate of drug-likeness (QED) is 0.626. The Bertz CT molecular complexity index is 487. The number of rotatable bonds is 5. The smallest absolute Gasteiger partial charge is 0.356 e. The second kappa shape index (κ2) is 6.48. The van der Waals surface area contributed by atoms with Gasteiger partial charge >= 0.3 is 5.97 Å². The second-order valence-corrected chi connectivity index (χ2v) is 3.24. The van der Waals surface area contributed by atoms with E-state index in [-0.39, 0.29) is 12.3 Å². The van der Waals surface area contributed by atoms with E-state index in [1.807, 2.05) is 0 Å². The van der Waals surface area contributed by atoms with E-state index in [2.05, 4.69) is 10.1 Å². The van der Waals surface area contributed by atoms with E-state index in [1.165, 1.54) is 18.3 Å². The van der Waals surface area contributed by atoms with Gasteiger partial charge in [0.1, 0.15) is 5.71 Å². The normalized spacial score (nSPS) is 10.4. The molecule has 6 heteroatoms. The lowest BCUT2D eigenvalue weighted by Gasteiger charge is -2.02. The molecule has 2 N–H and O–H groups in total. The monoisotopic (exact) mass is 254 g/mol. The van der Waals surface area contributed by atoms with Gasteiger partial charge in [-0.1, -0.05) is 0 Å².